The van der Waals surface area contributed by atoms with Gasteiger partial charge in [-0.3, -0.25) is 4.79 Å². The first-order chi connectivity index (χ1) is 12.4. The quantitative estimate of drug-likeness (QED) is 0.577. The third kappa shape index (κ3) is 4.28. The Labute approximate surface area is 157 Å². The van der Waals surface area contributed by atoms with E-state index in [0.29, 0.717) is 16.5 Å². The maximum absolute atomic E-state index is 13.0. The zero-order valence-corrected chi connectivity index (χ0v) is 14.6. The summed E-state index contributed by atoms with van der Waals surface area (Å²) in [7, 11) is 0. The van der Waals surface area contributed by atoms with Crippen LogP contribution in [0.15, 0.2) is 52.9 Å². The molecule has 26 heavy (non-hydrogen) atoms. The molecule has 0 saturated carbocycles. The molecular weight excluding hydrogens is 384 g/mol. The van der Waals surface area contributed by atoms with Crippen molar-refractivity contribution in [3.63, 3.8) is 0 Å². The van der Waals surface area contributed by atoms with Crippen LogP contribution in [0.3, 0.4) is 0 Å². The number of hydrogen-bond donors (Lipinski definition) is 2. The molecule has 0 bridgehead atoms. The van der Waals surface area contributed by atoms with Gasteiger partial charge in [0.15, 0.2) is 5.76 Å². The van der Waals surface area contributed by atoms with Gasteiger partial charge in [0.05, 0.1) is 10.7 Å². The molecule has 3 aromatic rings. The lowest BCUT2D eigenvalue weighted by Crippen LogP contribution is -2.11. The molecule has 0 aliphatic heterocycles. The summed E-state index contributed by atoms with van der Waals surface area (Å²) in [4.78, 5) is 12.2. The molecule has 8 heteroatoms. The molecule has 1 aromatic heterocycles. The second kappa shape index (κ2) is 7.68. The summed E-state index contributed by atoms with van der Waals surface area (Å²) in [6.07, 6.45) is 0. The number of furan rings is 1. The van der Waals surface area contributed by atoms with Crippen LogP contribution in [0.25, 0.3) is 0 Å². The van der Waals surface area contributed by atoms with Gasteiger partial charge in [-0.1, -0.05) is 23.2 Å². The normalized spacial score (nSPS) is 10.6. The molecule has 134 valence electrons. The molecule has 5 nitrogen and oxygen atoms in total. The van der Waals surface area contributed by atoms with E-state index in [0.717, 1.165) is 6.07 Å². The van der Waals surface area contributed by atoms with E-state index in [4.69, 9.17) is 32.4 Å². The average molecular weight is 396 g/mol. The van der Waals surface area contributed by atoms with Crippen molar-refractivity contribution in [3.8, 4) is 11.5 Å². The first-order valence-electron chi connectivity index (χ1n) is 7.39. The Kier molecular flexibility index (Phi) is 5.35. The monoisotopic (exact) mass is 395 g/mol. The largest absolute Gasteiger partial charge is 0.506 e. The molecule has 0 spiro atoms. The van der Waals surface area contributed by atoms with E-state index in [1.54, 1.807) is 6.07 Å². The highest BCUT2D eigenvalue weighted by molar-refractivity contribution is 6.32. The molecule has 1 amide bonds. The smallest absolute Gasteiger partial charge is 0.291 e. The lowest BCUT2D eigenvalue weighted by atomic mass is 10.3. The van der Waals surface area contributed by atoms with Crippen LogP contribution in [0, 0.1) is 5.82 Å². The van der Waals surface area contributed by atoms with Gasteiger partial charge in [0, 0.05) is 5.02 Å². The first kappa shape index (κ1) is 18.1. The summed E-state index contributed by atoms with van der Waals surface area (Å²) in [5.74, 6) is -0.473. The van der Waals surface area contributed by atoms with Gasteiger partial charge in [0.25, 0.3) is 5.91 Å². The Morgan fingerprint density at radius 1 is 1.15 bits per heavy atom. The van der Waals surface area contributed by atoms with E-state index < -0.39 is 11.7 Å². The van der Waals surface area contributed by atoms with Crippen molar-refractivity contribution in [2.75, 3.05) is 5.32 Å². The third-order valence-corrected chi connectivity index (χ3v) is 3.89. The Bertz CT molecular complexity index is 958. The van der Waals surface area contributed by atoms with Crippen LogP contribution in [0.4, 0.5) is 10.1 Å². The Morgan fingerprint density at radius 2 is 1.96 bits per heavy atom. The number of phenolic OH excluding ortho intramolecular Hbond substituents is 1. The molecular formula is C18H12Cl2FNO4. The summed E-state index contributed by atoms with van der Waals surface area (Å²) < 4.78 is 23.9. The minimum Gasteiger partial charge on any atom is -0.506 e. The number of carbonyl (C=O) groups excluding carboxylic acids is 1. The van der Waals surface area contributed by atoms with Gasteiger partial charge in [-0.25, -0.2) is 4.39 Å². The van der Waals surface area contributed by atoms with Gasteiger partial charge < -0.3 is 19.6 Å². The van der Waals surface area contributed by atoms with E-state index in [1.165, 1.54) is 36.4 Å². The molecule has 1 heterocycles. The predicted octanol–water partition coefficient (Wildman–Crippen LogP) is 5.26. The number of halogens is 3. The third-order valence-electron chi connectivity index (χ3n) is 3.36. The highest BCUT2D eigenvalue weighted by Crippen LogP contribution is 2.28. The number of benzene rings is 2. The molecule has 0 atom stereocenters. The van der Waals surface area contributed by atoms with E-state index in [-0.39, 0.29) is 28.8 Å². The van der Waals surface area contributed by atoms with Crippen molar-refractivity contribution in [3.05, 3.63) is 75.9 Å². The Balaban J connectivity index is 1.65. The standard InChI is InChI=1S/C18H12Cl2FNO4/c19-10-1-4-15(23)14(7-10)22-18(24)17-6-3-12(26-17)9-25-16-5-2-11(21)8-13(16)20/h1-8,23H,9H2,(H,22,24). The fourth-order valence-corrected chi connectivity index (χ4v) is 2.50. The zero-order chi connectivity index (χ0) is 18.7. The van der Waals surface area contributed by atoms with E-state index >= 15 is 0 Å². The second-order valence-electron chi connectivity index (χ2n) is 5.24. The number of aromatic hydroxyl groups is 1. The van der Waals surface area contributed by atoms with Crippen molar-refractivity contribution in [2.45, 2.75) is 6.61 Å². The summed E-state index contributed by atoms with van der Waals surface area (Å²) in [5.41, 5.74) is 0.162. The Morgan fingerprint density at radius 3 is 2.73 bits per heavy atom. The van der Waals surface area contributed by atoms with Crippen LogP contribution in [0.1, 0.15) is 16.3 Å². The van der Waals surface area contributed by atoms with Crippen molar-refractivity contribution < 1.29 is 23.4 Å². The number of nitrogens with one attached hydrogen (secondary N) is 1. The molecule has 0 saturated heterocycles. The lowest BCUT2D eigenvalue weighted by Gasteiger charge is -2.07. The number of amides is 1. The van der Waals surface area contributed by atoms with Crippen molar-refractivity contribution in [2.24, 2.45) is 0 Å². The molecule has 2 N–H and O–H groups in total. The molecule has 0 aliphatic rings. The number of phenols is 1. The fourth-order valence-electron chi connectivity index (χ4n) is 2.11. The van der Waals surface area contributed by atoms with Gasteiger partial charge in [-0.2, -0.15) is 0 Å². The summed E-state index contributed by atoms with van der Waals surface area (Å²) in [6, 6.07) is 11.1. The number of carbonyl (C=O) groups is 1. The van der Waals surface area contributed by atoms with E-state index in [1.807, 2.05) is 0 Å². The van der Waals surface area contributed by atoms with Gasteiger partial charge in [-0.05, 0) is 48.5 Å². The molecule has 0 fully saturated rings. The van der Waals surface area contributed by atoms with Crippen LogP contribution in [-0.4, -0.2) is 11.0 Å². The fraction of sp³-hybridized carbons (Fsp3) is 0.0556. The molecule has 0 aliphatic carbocycles. The SMILES string of the molecule is O=C(Nc1cc(Cl)ccc1O)c1ccc(COc2ccc(F)cc2Cl)o1. The number of anilines is 1. The molecule has 3 rings (SSSR count). The number of hydrogen-bond acceptors (Lipinski definition) is 4. The van der Waals surface area contributed by atoms with Crippen molar-refractivity contribution >= 4 is 34.8 Å². The highest BCUT2D eigenvalue weighted by Gasteiger charge is 2.14. The first-order valence-corrected chi connectivity index (χ1v) is 8.14. The van der Waals surface area contributed by atoms with Crippen LogP contribution in [0.2, 0.25) is 10.0 Å². The van der Waals surface area contributed by atoms with E-state index in [9.17, 15) is 14.3 Å². The average Bonchev–Trinajstić information content (AvgIpc) is 3.06. The van der Waals surface area contributed by atoms with E-state index in [2.05, 4.69) is 5.32 Å². The van der Waals surface area contributed by atoms with Crippen LogP contribution < -0.4 is 10.1 Å². The topological polar surface area (TPSA) is 71.7 Å². The lowest BCUT2D eigenvalue weighted by molar-refractivity contribution is 0.0992. The van der Waals surface area contributed by atoms with Gasteiger partial charge in [-0.15, -0.1) is 0 Å². The summed E-state index contributed by atoms with van der Waals surface area (Å²) >= 11 is 11.7. The predicted molar refractivity (Wildman–Crippen MR) is 95.5 cm³/mol. The number of ether oxygens (including phenoxy) is 1. The maximum atomic E-state index is 13.0. The highest BCUT2D eigenvalue weighted by atomic mass is 35.5. The van der Waals surface area contributed by atoms with Crippen LogP contribution in [0.5, 0.6) is 11.5 Å². The Hall–Kier alpha value is -2.70. The van der Waals surface area contributed by atoms with Crippen LogP contribution in [-0.2, 0) is 6.61 Å². The molecule has 2 aromatic carbocycles. The van der Waals surface area contributed by atoms with Crippen molar-refractivity contribution in [1.29, 1.82) is 0 Å². The number of rotatable bonds is 5. The summed E-state index contributed by atoms with van der Waals surface area (Å²) in [5, 5.41) is 12.7. The maximum Gasteiger partial charge on any atom is 0.291 e. The zero-order valence-electron chi connectivity index (χ0n) is 13.1. The van der Waals surface area contributed by atoms with Crippen molar-refractivity contribution in [1.82, 2.24) is 0 Å². The van der Waals surface area contributed by atoms with Gasteiger partial charge in [0.2, 0.25) is 0 Å². The minimum atomic E-state index is -0.561. The minimum absolute atomic E-state index is 0.00104. The second-order valence-corrected chi connectivity index (χ2v) is 6.09. The molecule has 0 radical (unpaired) electrons. The molecule has 0 unspecified atom stereocenters. The summed E-state index contributed by atoms with van der Waals surface area (Å²) in [6.45, 7) is 0.00104. The van der Waals surface area contributed by atoms with Gasteiger partial charge in [0.1, 0.15) is 29.7 Å². The van der Waals surface area contributed by atoms with Crippen LogP contribution >= 0.6 is 23.2 Å². The van der Waals surface area contributed by atoms with Gasteiger partial charge >= 0.3 is 0 Å².